The minimum absolute atomic E-state index is 0.417. The molecule has 3 N–H and O–H groups in total. The van der Waals surface area contributed by atoms with Gasteiger partial charge in [0.2, 0.25) is 0 Å². The molecule has 0 radical (unpaired) electrons. The van der Waals surface area contributed by atoms with Gasteiger partial charge in [0.05, 0.1) is 5.71 Å². The van der Waals surface area contributed by atoms with Crippen LogP contribution in [0.5, 0.6) is 5.75 Å². The van der Waals surface area contributed by atoms with Gasteiger partial charge in [-0.1, -0.05) is 16.8 Å². The highest BCUT2D eigenvalue weighted by Crippen LogP contribution is 2.22. The molecule has 0 fully saturated rings. The molecule has 0 aliphatic carbocycles. The maximum absolute atomic E-state index is 10.9. The Morgan fingerprint density at radius 3 is 2.71 bits per heavy atom. The van der Waals surface area contributed by atoms with E-state index in [0.717, 1.165) is 5.56 Å². The number of primary amides is 1. The number of aryl methyl sites for hydroxylation is 1. The van der Waals surface area contributed by atoms with E-state index in [4.69, 9.17) is 15.7 Å². The number of nitrogens with zero attached hydrogens (tertiary/aromatic N) is 1. The molecule has 1 amide bonds. The monoisotopic (exact) mass is 236 g/mol. The Morgan fingerprint density at radius 2 is 2.18 bits per heavy atom. The SMILES string of the molecule is C/C(=N\O)c1cc(C)ccc1OC(C)C(N)=O. The van der Waals surface area contributed by atoms with Crippen molar-refractivity contribution >= 4 is 11.6 Å². The van der Waals surface area contributed by atoms with Crippen molar-refractivity contribution in [2.75, 3.05) is 0 Å². The molecule has 0 saturated heterocycles. The Kier molecular flexibility index (Phi) is 4.09. The highest BCUT2D eigenvalue weighted by molar-refractivity contribution is 6.01. The van der Waals surface area contributed by atoms with Gasteiger partial charge in [0.1, 0.15) is 5.75 Å². The van der Waals surface area contributed by atoms with Gasteiger partial charge in [-0.05, 0) is 32.9 Å². The summed E-state index contributed by atoms with van der Waals surface area (Å²) in [7, 11) is 0. The Hall–Kier alpha value is -2.04. The summed E-state index contributed by atoms with van der Waals surface area (Å²) >= 11 is 0. The number of nitrogens with two attached hydrogens (primary N) is 1. The van der Waals surface area contributed by atoms with Crippen LogP contribution in [0, 0.1) is 6.92 Å². The van der Waals surface area contributed by atoms with Crippen LogP contribution in [-0.4, -0.2) is 22.9 Å². The number of carbonyl (C=O) groups is 1. The van der Waals surface area contributed by atoms with Gasteiger partial charge in [-0.3, -0.25) is 4.79 Å². The first-order valence-corrected chi connectivity index (χ1v) is 5.21. The zero-order valence-corrected chi connectivity index (χ0v) is 10.1. The number of ether oxygens (including phenoxy) is 1. The van der Waals surface area contributed by atoms with Crippen molar-refractivity contribution in [1.82, 2.24) is 0 Å². The molecule has 17 heavy (non-hydrogen) atoms. The lowest BCUT2D eigenvalue weighted by Crippen LogP contribution is -2.31. The molecule has 5 nitrogen and oxygen atoms in total. The number of hydrogen-bond acceptors (Lipinski definition) is 4. The summed E-state index contributed by atoms with van der Waals surface area (Å²) in [5.41, 5.74) is 7.19. The van der Waals surface area contributed by atoms with Crippen molar-refractivity contribution in [2.24, 2.45) is 10.9 Å². The molecule has 0 saturated carbocycles. The van der Waals surface area contributed by atoms with Crippen LogP contribution in [0.15, 0.2) is 23.4 Å². The van der Waals surface area contributed by atoms with Crippen LogP contribution in [0.4, 0.5) is 0 Å². The number of benzene rings is 1. The van der Waals surface area contributed by atoms with E-state index < -0.39 is 12.0 Å². The minimum atomic E-state index is -0.733. The standard InChI is InChI=1S/C12H16N2O3/c1-7-4-5-11(17-9(3)12(13)15)10(6-7)8(2)14-16/h4-6,9,16H,1-3H3,(H2,13,15)/b14-8+. The zero-order chi connectivity index (χ0) is 13.0. The molecule has 0 aliphatic rings. The fourth-order valence-electron chi connectivity index (χ4n) is 1.33. The molecule has 1 atom stereocenters. The molecule has 92 valence electrons. The van der Waals surface area contributed by atoms with Gasteiger partial charge in [0.25, 0.3) is 5.91 Å². The lowest BCUT2D eigenvalue weighted by molar-refractivity contribution is -0.123. The first-order chi connectivity index (χ1) is 7.95. The molecule has 1 unspecified atom stereocenters. The molecule has 0 aliphatic heterocycles. The second-order valence-electron chi connectivity index (χ2n) is 3.85. The van der Waals surface area contributed by atoms with Crippen LogP contribution in [0.1, 0.15) is 25.0 Å². The fraction of sp³-hybridized carbons (Fsp3) is 0.333. The van der Waals surface area contributed by atoms with Gasteiger partial charge < -0.3 is 15.7 Å². The van der Waals surface area contributed by atoms with Crippen LogP contribution in [0.2, 0.25) is 0 Å². The summed E-state index contributed by atoms with van der Waals surface area (Å²) in [5, 5.41) is 11.9. The summed E-state index contributed by atoms with van der Waals surface area (Å²) < 4.78 is 5.42. The average molecular weight is 236 g/mol. The van der Waals surface area contributed by atoms with Crippen molar-refractivity contribution in [1.29, 1.82) is 0 Å². The lowest BCUT2D eigenvalue weighted by atomic mass is 10.1. The Morgan fingerprint density at radius 1 is 1.53 bits per heavy atom. The normalized spacial score (nSPS) is 13.2. The third kappa shape index (κ3) is 3.21. The zero-order valence-electron chi connectivity index (χ0n) is 10.1. The molecular weight excluding hydrogens is 220 g/mol. The second kappa shape index (κ2) is 5.34. The number of oxime groups is 1. The molecule has 5 heteroatoms. The van der Waals surface area contributed by atoms with E-state index in [9.17, 15) is 4.79 Å². The third-order valence-electron chi connectivity index (χ3n) is 2.38. The van der Waals surface area contributed by atoms with E-state index in [2.05, 4.69) is 5.16 Å². The lowest BCUT2D eigenvalue weighted by Gasteiger charge is -2.15. The van der Waals surface area contributed by atoms with E-state index in [1.54, 1.807) is 19.9 Å². The van der Waals surface area contributed by atoms with E-state index in [0.29, 0.717) is 17.0 Å². The van der Waals surface area contributed by atoms with E-state index in [1.165, 1.54) is 0 Å². The summed E-state index contributed by atoms with van der Waals surface area (Å²) in [6.45, 7) is 5.13. The number of amides is 1. The number of rotatable bonds is 4. The summed E-state index contributed by atoms with van der Waals surface area (Å²) in [5.74, 6) is -0.0766. The Labute approximate surface area is 99.9 Å². The van der Waals surface area contributed by atoms with Crippen molar-refractivity contribution in [2.45, 2.75) is 26.9 Å². The molecule has 0 heterocycles. The van der Waals surface area contributed by atoms with Gasteiger partial charge in [-0.15, -0.1) is 0 Å². The van der Waals surface area contributed by atoms with E-state index >= 15 is 0 Å². The first kappa shape index (κ1) is 13.0. The quantitative estimate of drug-likeness (QED) is 0.471. The van der Waals surface area contributed by atoms with Crippen molar-refractivity contribution in [3.05, 3.63) is 29.3 Å². The van der Waals surface area contributed by atoms with Crippen LogP contribution >= 0.6 is 0 Å². The Balaban J connectivity index is 3.11. The van der Waals surface area contributed by atoms with Gasteiger partial charge in [-0.25, -0.2) is 0 Å². The highest BCUT2D eigenvalue weighted by atomic mass is 16.5. The number of carbonyl (C=O) groups excluding carboxylic acids is 1. The topological polar surface area (TPSA) is 84.9 Å². The highest BCUT2D eigenvalue weighted by Gasteiger charge is 2.14. The van der Waals surface area contributed by atoms with Gasteiger partial charge in [-0.2, -0.15) is 0 Å². The van der Waals surface area contributed by atoms with E-state index in [1.807, 2.05) is 19.1 Å². The van der Waals surface area contributed by atoms with Gasteiger partial charge >= 0.3 is 0 Å². The van der Waals surface area contributed by atoms with Crippen LogP contribution in [-0.2, 0) is 4.79 Å². The van der Waals surface area contributed by atoms with E-state index in [-0.39, 0.29) is 0 Å². The smallest absolute Gasteiger partial charge is 0.258 e. The molecule has 0 aromatic heterocycles. The maximum Gasteiger partial charge on any atom is 0.258 e. The third-order valence-corrected chi connectivity index (χ3v) is 2.38. The largest absolute Gasteiger partial charge is 0.480 e. The summed E-state index contributed by atoms with van der Waals surface area (Å²) in [4.78, 5) is 10.9. The van der Waals surface area contributed by atoms with Crippen LogP contribution in [0.25, 0.3) is 0 Å². The molecular formula is C12H16N2O3. The van der Waals surface area contributed by atoms with Crippen LogP contribution < -0.4 is 10.5 Å². The predicted octanol–water partition coefficient (Wildman–Crippen LogP) is 1.45. The molecule has 0 spiro atoms. The summed E-state index contributed by atoms with van der Waals surface area (Å²) in [6.07, 6.45) is -0.733. The van der Waals surface area contributed by atoms with Crippen molar-refractivity contribution in [3.8, 4) is 5.75 Å². The molecule has 0 bridgehead atoms. The van der Waals surface area contributed by atoms with Gasteiger partial charge in [0, 0.05) is 5.56 Å². The first-order valence-electron chi connectivity index (χ1n) is 5.21. The molecule has 1 rings (SSSR count). The molecule has 1 aromatic rings. The van der Waals surface area contributed by atoms with Crippen molar-refractivity contribution < 1.29 is 14.7 Å². The van der Waals surface area contributed by atoms with Crippen LogP contribution in [0.3, 0.4) is 0 Å². The Bertz CT molecular complexity index is 455. The van der Waals surface area contributed by atoms with Crippen molar-refractivity contribution in [3.63, 3.8) is 0 Å². The minimum Gasteiger partial charge on any atom is -0.480 e. The number of hydrogen-bond donors (Lipinski definition) is 2. The molecule has 1 aromatic carbocycles. The average Bonchev–Trinajstić information content (AvgIpc) is 2.30. The van der Waals surface area contributed by atoms with Gasteiger partial charge in [0.15, 0.2) is 6.10 Å². The maximum atomic E-state index is 10.9. The predicted molar refractivity (Wildman–Crippen MR) is 64.5 cm³/mol. The second-order valence-corrected chi connectivity index (χ2v) is 3.85. The fourth-order valence-corrected chi connectivity index (χ4v) is 1.33. The summed E-state index contributed by atoms with van der Waals surface area (Å²) in [6, 6.07) is 5.38.